The first kappa shape index (κ1) is 42.5. The monoisotopic (exact) mass is 831 g/mol. The summed E-state index contributed by atoms with van der Waals surface area (Å²) in [5, 5.41) is 4.99. The van der Waals surface area contributed by atoms with Crippen LogP contribution in [0.4, 0.5) is 5.69 Å². The number of aryl methyl sites for hydroxylation is 2. The van der Waals surface area contributed by atoms with Gasteiger partial charge in [0.25, 0.3) is 0 Å². The van der Waals surface area contributed by atoms with Crippen molar-refractivity contribution in [1.82, 2.24) is 19.2 Å². The van der Waals surface area contributed by atoms with E-state index in [2.05, 4.69) is 15.4 Å². The number of hydrogen-bond acceptors (Lipinski definition) is 11. The molecule has 2 aliphatic heterocycles. The summed E-state index contributed by atoms with van der Waals surface area (Å²) < 4.78 is 86.8. The average Bonchev–Trinajstić information content (AvgIpc) is 3.84. The number of ether oxygens (including phenoxy) is 1. The molecule has 16 nitrogen and oxygen atoms in total. The molecule has 0 bridgehead atoms. The number of rotatable bonds is 14. The van der Waals surface area contributed by atoms with Crippen molar-refractivity contribution in [3.63, 3.8) is 0 Å². The van der Waals surface area contributed by atoms with Crippen LogP contribution in [0.2, 0.25) is 0 Å². The Bertz CT molecular complexity index is 2280. The van der Waals surface area contributed by atoms with Crippen LogP contribution in [0.3, 0.4) is 0 Å². The Morgan fingerprint density at radius 1 is 0.679 bits per heavy atom. The number of esters is 2. The van der Waals surface area contributed by atoms with Crippen LogP contribution < -0.4 is 15.4 Å². The molecule has 3 aromatic carbocycles. The van der Waals surface area contributed by atoms with Gasteiger partial charge in [-0.05, 0) is 88.4 Å². The fraction of sp³-hybridized carbons (Fsp3) is 0.405. The van der Waals surface area contributed by atoms with Gasteiger partial charge in [0.1, 0.15) is 24.2 Å². The average molecular weight is 832 g/mol. The highest BCUT2D eigenvalue weighted by molar-refractivity contribution is 7.92. The van der Waals surface area contributed by atoms with Gasteiger partial charge in [0.15, 0.2) is 0 Å². The fourth-order valence-corrected chi connectivity index (χ4v) is 10.4. The van der Waals surface area contributed by atoms with Crippen molar-refractivity contribution >= 4 is 59.5 Å². The highest BCUT2D eigenvalue weighted by Crippen LogP contribution is 2.28. The summed E-state index contributed by atoms with van der Waals surface area (Å²) in [5.74, 6) is -3.97. The molecule has 3 N–H and O–H groups in total. The van der Waals surface area contributed by atoms with E-state index in [4.69, 9.17) is 4.74 Å². The Labute approximate surface area is 327 Å². The first-order valence-electron chi connectivity index (χ1n) is 17.9. The van der Waals surface area contributed by atoms with Crippen LogP contribution in [-0.2, 0) is 60.4 Å². The molecule has 0 spiro atoms. The minimum Gasteiger partial charge on any atom is -0.390 e. The molecule has 56 heavy (non-hydrogen) atoms. The van der Waals surface area contributed by atoms with E-state index in [1.54, 1.807) is 31.2 Å². The molecule has 3 aromatic rings. The summed E-state index contributed by atoms with van der Waals surface area (Å²) in [6, 6.07) is 13.0. The van der Waals surface area contributed by atoms with E-state index < -0.39 is 78.0 Å². The number of hydrogen-bond donors (Lipinski definition) is 3. The second kappa shape index (κ2) is 17.2. The number of carbonyl (C=O) groups excluding carboxylic acids is 4. The second-order valence-corrected chi connectivity index (χ2v) is 19.5. The van der Waals surface area contributed by atoms with Gasteiger partial charge in [-0.1, -0.05) is 47.5 Å². The quantitative estimate of drug-likeness (QED) is 0.157. The molecule has 5 rings (SSSR count). The SMILES string of the molecule is Cc1ccc(S(=O)(=O)N2CCCC2C(=O)NC(C)C(=O)OC(=O)C(Cc2ccc(NS(C)(=O)=O)cc2)NC(=O)C2CCCN2S(=O)(=O)c2ccc(C)cc2)cc1. The zero-order valence-corrected chi connectivity index (χ0v) is 33.7. The van der Waals surface area contributed by atoms with Gasteiger partial charge in [0.2, 0.25) is 41.9 Å². The predicted octanol–water partition coefficient (Wildman–Crippen LogP) is 1.98. The molecule has 0 radical (unpaired) electrons. The molecule has 4 atom stereocenters. The molecule has 2 saturated heterocycles. The van der Waals surface area contributed by atoms with E-state index in [1.165, 1.54) is 55.5 Å². The molecule has 0 aromatic heterocycles. The van der Waals surface area contributed by atoms with Gasteiger partial charge in [-0.3, -0.25) is 14.3 Å². The Balaban J connectivity index is 1.30. The second-order valence-electron chi connectivity index (χ2n) is 14.0. The van der Waals surface area contributed by atoms with Gasteiger partial charge in [-0.15, -0.1) is 0 Å². The number of sulfonamides is 3. The minimum absolute atomic E-state index is 0.00310. The van der Waals surface area contributed by atoms with Gasteiger partial charge in [-0.25, -0.2) is 34.8 Å². The maximum Gasteiger partial charge on any atom is 0.336 e. The van der Waals surface area contributed by atoms with E-state index in [0.717, 1.165) is 26.0 Å². The molecule has 2 fully saturated rings. The van der Waals surface area contributed by atoms with Crippen molar-refractivity contribution in [2.75, 3.05) is 24.1 Å². The molecular weight excluding hydrogens is 787 g/mol. The topological polar surface area (TPSA) is 222 Å². The van der Waals surface area contributed by atoms with Crippen LogP contribution in [0.15, 0.2) is 82.6 Å². The third kappa shape index (κ3) is 10.2. The Kier molecular flexibility index (Phi) is 13.0. The van der Waals surface area contributed by atoms with Gasteiger partial charge in [-0.2, -0.15) is 8.61 Å². The van der Waals surface area contributed by atoms with Crippen LogP contribution >= 0.6 is 0 Å². The van der Waals surface area contributed by atoms with Crippen LogP contribution in [0.5, 0.6) is 0 Å². The minimum atomic E-state index is -4.10. The maximum atomic E-state index is 13.7. The largest absolute Gasteiger partial charge is 0.390 e. The van der Waals surface area contributed by atoms with Crippen LogP contribution in [0.1, 0.15) is 49.3 Å². The number of nitrogens with zero attached hydrogens (tertiary/aromatic N) is 2. The lowest BCUT2D eigenvalue weighted by Crippen LogP contribution is -2.53. The van der Waals surface area contributed by atoms with Crippen LogP contribution in [0, 0.1) is 13.8 Å². The number of benzene rings is 3. The third-order valence-corrected chi connectivity index (χ3v) is 13.9. The van der Waals surface area contributed by atoms with Crippen molar-refractivity contribution in [1.29, 1.82) is 0 Å². The Morgan fingerprint density at radius 2 is 1.12 bits per heavy atom. The Morgan fingerprint density at radius 3 is 1.57 bits per heavy atom. The van der Waals surface area contributed by atoms with Crippen LogP contribution in [-0.4, -0.2) is 101 Å². The summed E-state index contributed by atoms with van der Waals surface area (Å²) in [4.78, 5) is 53.9. The molecule has 302 valence electrons. The van der Waals surface area contributed by atoms with E-state index in [9.17, 15) is 44.4 Å². The number of carbonyl (C=O) groups is 4. The number of amides is 2. The Hall–Kier alpha value is -4.69. The molecule has 0 aliphatic carbocycles. The van der Waals surface area contributed by atoms with Crippen molar-refractivity contribution in [3.8, 4) is 0 Å². The zero-order valence-electron chi connectivity index (χ0n) is 31.3. The summed E-state index contributed by atoms with van der Waals surface area (Å²) in [5.41, 5.74) is 2.35. The third-order valence-electron chi connectivity index (χ3n) is 9.48. The van der Waals surface area contributed by atoms with E-state index in [1.807, 2.05) is 6.92 Å². The smallest absolute Gasteiger partial charge is 0.336 e. The van der Waals surface area contributed by atoms with Gasteiger partial charge in [0, 0.05) is 25.2 Å². The highest BCUT2D eigenvalue weighted by Gasteiger charge is 2.42. The maximum absolute atomic E-state index is 13.7. The van der Waals surface area contributed by atoms with Crippen molar-refractivity contribution in [2.24, 2.45) is 0 Å². The molecule has 0 saturated carbocycles. The summed E-state index contributed by atoms with van der Waals surface area (Å²) >= 11 is 0. The fourth-order valence-electron chi connectivity index (χ4n) is 6.52. The van der Waals surface area contributed by atoms with Crippen molar-refractivity contribution in [2.45, 2.75) is 86.8 Å². The number of anilines is 1. The highest BCUT2D eigenvalue weighted by atomic mass is 32.2. The zero-order chi connectivity index (χ0) is 41.0. The van der Waals surface area contributed by atoms with Crippen molar-refractivity contribution < 1.29 is 49.2 Å². The normalized spacial score (nSPS) is 19.1. The molecule has 19 heteroatoms. The molecule has 2 amide bonds. The molecule has 2 heterocycles. The van der Waals surface area contributed by atoms with Crippen LogP contribution in [0.25, 0.3) is 0 Å². The lowest BCUT2D eigenvalue weighted by molar-refractivity contribution is -0.163. The van der Waals surface area contributed by atoms with Gasteiger partial charge >= 0.3 is 11.9 Å². The van der Waals surface area contributed by atoms with Gasteiger partial charge < -0.3 is 15.4 Å². The number of nitrogens with one attached hydrogen (secondary N) is 3. The van der Waals surface area contributed by atoms with Gasteiger partial charge in [0.05, 0.1) is 16.0 Å². The van der Waals surface area contributed by atoms with E-state index in [0.29, 0.717) is 18.4 Å². The van der Waals surface area contributed by atoms with Crippen molar-refractivity contribution in [3.05, 3.63) is 89.5 Å². The standard InChI is InChI=1S/C37H45N5O11S3/c1-24-9-17-29(18-10-24)55(49,50)41-21-5-7-32(41)34(43)38-26(3)36(45)53-37(46)31(23-27-13-15-28(16-14-27)40-54(4,47)48)39-35(44)33-8-6-22-42(33)56(51,52)30-19-11-25(2)12-20-30/h9-20,26,31-33,40H,5-8,21-23H2,1-4H3,(H,38,43)(H,39,44). The van der Waals surface area contributed by atoms with E-state index in [-0.39, 0.29) is 47.8 Å². The summed E-state index contributed by atoms with van der Waals surface area (Å²) in [6.07, 6.45) is 1.85. The first-order valence-corrected chi connectivity index (χ1v) is 22.6. The lowest BCUT2D eigenvalue weighted by Gasteiger charge is -2.26. The lowest BCUT2D eigenvalue weighted by atomic mass is 10.0. The predicted molar refractivity (Wildman–Crippen MR) is 205 cm³/mol. The first-order chi connectivity index (χ1) is 26.3. The molecular formula is C37H45N5O11S3. The molecule has 4 unspecified atom stereocenters. The summed E-state index contributed by atoms with van der Waals surface area (Å²) in [6.45, 7) is 5.02. The van der Waals surface area contributed by atoms with E-state index >= 15 is 0 Å². The summed E-state index contributed by atoms with van der Waals surface area (Å²) in [7, 11) is -11.7. The molecule has 2 aliphatic rings.